The number of piperazine rings is 1. The molecule has 3 fully saturated rings. The van der Waals surface area contributed by atoms with E-state index in [4.69, 9.17) is 11.6 Å². The van der Waals surface area contributed by atoms with Crippen LogP contribution in [-0.2, 0) is 10.0 Å². The lowest BCUT2D eigenvalue weighted by molar-refractivity contribution is 0.171. The maximum atomic E-state index is 12.6. The van der Waals surface area contributed by atoms with Gasteiger partial charge in [-0.1, -0.05) is 11.6 Å². The Labute approximate surface area is 169 Å². The van der Waals surface area contributed by atoms with Gasteiger partial charge in [-0.25, -0.2) is 13.2 Å². The second kappa shape index (κ2) is 7.87. The number of nitrogens with zero attached hydrogens (tertiary/aromatic N) is 3. The van der Waals surface area contributed by atoms with Crippen LogP contribution < -0.4 is 5.32 Å². The van der Waals surface area contributed by atoms with Gasteiger partial charge in [0, 0.05) is 45.3 Å². The zero-order valence-electron chi connectivity index (χ0n) is 15.1. The maximum absolute atomic E-state index is 12.6. The van der Waals surface area contributed by atoms with Gasteiger partial charge in [0.1, 0.15) is 4.21 Å². The summed E-state index contributed by atoms with van der Waals surface area (Å²) < 4.78 is 27.4. The molecular formula is C17H25ClN4O3S2. The Kier molecular flexibility index (Phi) is 5.67. The molecule has 2 aliphatic heterocycles. The van der Waals surface area contributed by atoms with Crippen LogP contribution in [0.4, 0.5) is 4.79 Å². The molecule has 0 spiro atoms. The monoisotopic (exact) mass is 432 g/mol. The van der Waals surface area contributed by atoms with Crippen molar-refractivity contribution in [2.24, 2.45) is 5.92 Å². The van der Waals surface area contributed by atoms with Crippen LogP contribution in [-0.4, -0.2) is 80.4 Å². The number of urea groups is 1. The first-order chi connectivity index (χ1) is 12.9. The number of sulfonamides is 1. The lowest BCUT2D eigenvalue weighted by atomic mass is 10.1. The first-order valence-electron chi connectivity index (χ1n) is 9.46. The Morgan fingerprint density at radius 3 is 2.52 bits per heavy atom. The summed E-state index contributed by atoms with van der Waals surface area (Å²) >= 11 is 6.92. The minimum absolute atomic E-state index is 0.0870. The molecule has 10 heteroatoms. The van der Waals surface area contributed by atoms with Gasteiger partial charge in [-0.3, -0.25) is 0 Å². The fourth-order valence-corrected chi connectivity index (χ4v) is 6.90. The van der Waals surface area contributed by atoms with Gasteiger partial charge in [-0.05, 0) is 43.9 Å². The molecule has 2 amide bonds. The minimum atomic E-state index is -3.52. The molecule has 4 rings (SSSR count). The molecule has 1 aromatic rings. The standard InChI is InChI=1S/C17H25ClN4O3S2/c18-15-3-4-16(26-15)27(24,25)22-9-7-20(8-10-22)17(23)19-11-13-5-6-21(12-13)14-1-2-14/h3-4,13-14H,1-2,5-12H2,(H,19,23). The summed E-state index contributed by atoms with van der Waals surface area (Å²) in [4.78, 5) is 16.7. The highest BCUT2D eigenvalue weighted by Crippen LogP contribution is 2.31. The Morgan fingerprint density at radius 1 is 1.15 bits per heavy atom. The second-order valence-electron chi connectivity index (χ2n) is 7.52. The maximum Gasteiger partial charge on any atom is 0.317 e. The van der Waals surface area contributed by atoms with E-state index in [0.717, 1.165) is 36.9 Å². The highest BCUT2D eigenvalue weighted by Gasteiger charge is 2.35. The van der Waals surface area contributed by atoms with Gasteiger partial charge in [0.2, 0.25) is 0 Å². The molecule has 3 aliphatic rings. The normalized spacial score (nSPS) is 25.1. The topological polar surface area (TPSA) is 73.0 Å². The molecule has 2 saturated heterocycles. The highest BCUT2D eigenvalue weighted by atomic mass is 35.5. The molecule has 7 nitrogen and oxygen atoms in total. The number of carbonyl (C=O) groups is 1. The fraction of sp³-hybridized carbons (Fsp3) is 0.706. The van der Waals surface area contributed by atoms with Crippen molar-refractivity contribution in [3.63, 3.8) is 0 Å². The van der Waals surface area contributed by atoms with Crippen LogP contribution in [0.3, 0.4) is 0 Å². The third-order valence-corrected chi connectivity index (χ3v) is 9.19. The third kappa shape index (κ3) is 4.42. The summed E-state index contributed by atoms with van der Waals surface area (Å²) in [6.07, 6.45) is 3.79. The number of nitrogens with one attached hydrogen (secondary N) is 1. The average Bonchev–Trinajstić information content (AvgIpc) is 3.24. The first kappa shape index (κ1) is 19.4. The third-order valence-electron chi connectivity index (χ3n) is 5.59. The molecule has 1 aliphatic carbocycles. The molecule has 27 heavy (non-hydrogen) atoms. The summed E-state index contributed by atoms with van der Waals surface area (Å²) in [7, 11) is -3.52. The largest absolute Gasteiger partial charge is 0.338 e. The molecule has 1 atom stereocenters. The summed E-state index contributed by atoms with van der Waals surface area (Å²) in [6, 6.07) is 3.83. The Hall–Kier alpha value is -0.870. The zero-order valence-corrected chi connectivity index (χ0v) is 17.5. The molecular weight excluding hydrogens is 408 g/mol. The first-order valence-corrected chi connectivity index (χ1v) is 12.1. The van der Waals surface area contributed by atoms with Gasteiger partial charge in [0.15, 0.2) is 0 Å². The number of hydrogen-bond donors (Lipinski definition) is 1. The minimum Gasteiger partial charge on any atom is -0.338 e. The predicted molar refractivity (Wildman–Crippen MR) is 106 cm³/mol. The van der Waals surface area contributed by atoms with E-state index in [0.29, 0.717) is 43.0 Å². The zero-order chi connectivity index (χ0) is 19.0. The van der Waals surface area contributed by atoms with E-state index in [2.05, 4.69) is 10.2 Å². The van der Waals surface area contributed by atoms with Crippen LogP contribution in [0.25, 0.3) is 0 Å². The summed E-state index contributed by atoms with van der Waals surface area (Å²) in [5, 5.41) is 3.04. The summed E-state index contributed by atoms with van der Waals surface area (Å²) in [5.41, 5.74) is 0. The lowest BCUT2D eigenvalue weighted by Gasteiger charge is -2.33. The van der Waals surface area contributed by atoms with Crippen LogP contribution in [0.15, 0.2) is 16.3 Å². The van der Waals surface area contributed by atoms with Gasteiger partial charge in [-0.15, -0.1) is 11.3 Å². The van der Waals surface area contributed by atoms with Crippen LogP contribution in [0.5, 0.6) is 0 Å². The Morgan fingerprint density at radius 2 is 1.89 bits per heavy atom. The van der Waals surface area contributed by atoms with Gasteiger partial charge < -0.3 is 15.1 Å². The molecule has 1 unspecified atom stereocenters. The van der Waals surface area contributed by atoms with E-state index < -0.39 is 10.0 Å². The Bertz CT molecular complexity index is 788. The van der Waals surface area contributed by atoms with E-state index >= 15 is 0 Å². The SMILES string of the molecule is O=C(NCC1CCN(C2CC2)C1)N1CCN(S(=O)(=O)c2ccc(Cl)s2)CC1. The molecule has 1 N–H and O–H groups in total. The number of amides is 2. The van der Waals surface area contributed by atoms with Crippen LogP contribution in [0.2, 0.25) is 4.34 Å². The number of halogens is 1. The molecule has 0 aromatic carbocycles. The molecule has 150 valence electrons. The predicted octanol–water partition coefficient (Wildman–Crippen LogP) is 1.90. The van der Waals surface area contributed by atoms with Crippen molar-refractivity contribution in [2.75, 3.05) is 45.8 Å². The van der Waals surface area contributed by atoms with E-state index in [9.17, 15) is 13.2 Å². The van der Waals surface area contributed by atoms with Crippen molar-refractivity contribution in [2.45, 2.75) is 29.5 Å². The van der Waals surface area contributed by atoms with Crippen LogP contribution in [0, 0.1) is 5.92 Å². The molecule has 1 saturated carbocycles. The van der Waals surface area contributed by atoms with E-state index in [1.165, 1.54) is 23.2 Å². The van der Waals surface area contributed by atoms with Gasteiger partial charge >= 0.3 is 6.03 Å². The van der Waals surface area contributed by atoms with E-state index in [1.807, 2.05) is 0 Å². The van der Waals surface area contributed by atoms with Crippen LogP contribution in [0.1, 0.15) is 19.3 Å². The summed E-state index contributed by atoms with van der Waals surface area (Å²) in [5.74, 6) is 0.528. The quantitative estimate of drug-likeness (QED) is 0.771. The number of hydrogen-bond acceptors (Lipinski definition) is 5. The van der Waals surface area contributed by atoms with Crippen molar-refractivity contribution in [3.8, 4) is 0 Å². The Balaban J connectivity index is 1.23. The van der Waals surface area contributed by atoms with Gasteiger partial charge in [0.05, 0.1) is 4.34 Å². The number of thiophene rings is 1. The number of rotatable bonds is 5. The van der Waals surface area contributed by atoms with Gasteiger partial charge in [0.25, 0.3) is 10.0 Å². The number of carbonyl (C=O) groups excluding carboxylic acids is 1. The van der Waals surface area contributed by atoms with Crippen molar-refractivity contribution in [3.05, 3.63) is 16.5 Å². The molecule has 0 bridgehead atoms. The van der Waals surface area contributed by atoms with Gasteiger partial charge in [-0.2, -0.15) is 4.31 Å². The fourth-order valence-electron chi connectivity index (χ4n) is 3.84. The molecule has 0 radical (unpaired) electrons. The number of likely N-dealkylation sites (tertiary alicyclic amines) is 1. The lowest BCUT2D eigenvalue weighted by Crippen LogP contribution is -2.53. The van der Waals surface area contributed by atoms with Crippen molar-refractivity contribution in [1.82, 2.24) is 19.4 Å². The molecule has 1 aromatic heterocycles. The highest BCUT2D eigenvalue weighted by molar-refractivity contribution is 7.91. The van der Waals surface area contributed by atoms with Crippen molar-refractivity contribution in [1.29, 1.82) is 0 Å². The molecule has 3 heterocycles. The second-order valence-corrected chi connectivity index (χ2v) is 11.4. The van der Waals surface area contributed by atoms with Crippen LogP contribution >= 0.6 is 22.9 Å². The van der Waals surface area contributed by atoms with E-state index in [1.54, 1.807) is 11.0 Å². The average molecular weight is 433 g/mol. The smallest absolute Gasteiger partial charge is 0.317 e. The van der Waals surface area contributed by atoms with Crippen molar-refractivity contribution < 1.29 is 13.2 Å². The van der Waals surface area contributed by atoms with Crippen molar-refractivity contribution >= 4 is 39.0 Å². The summed E-state index contributed by atoms with van der Waals surface area (Å²) in [6.45, 7) is 4.36. The van der Waals surface area contributed by atoms with E-state index in [-0.39, 0.29) is 10.2 Å².